The molecule has 0 spiro atoms. The van der Waals surface area contributed by atoms with Gasteiger partial charge in [0.05, 0.1) is 12.8 Å². The molecule has 4 rings (SSSR count). The maximum absolute atomic E-state index is 12.2. The number of carbonyl (C=O) groups excluding carboxylic acids is 1. The van der Waals surface area contributed by atoms with Gasteiger partial charge < -0.3 is 24.3 Å². The van der Waals surface area contributed by atoms with E-state index in [0.29, 0.717) is 18.8 Å². The van der Waals surface area contributed by atoms with Crippen molar-refractivity contribution in [2.24, 2.45) is 7.05 Å². The summed E-state index contributed by atoms with van der Waals surface area (Å²) in [5.74, 6) is 1.75. The molecule has 0 saturated carbocycles. The summed E-state index contributed by atoms with van der Waals surface area (Å²) in [5.41, 5.74) is 2.95. The van der Waals surface area contributed by atoms with Crippen LogP contribution >= 0.6 is 0 Å². The van der Waals surface area contributed by atoms with E-state index in [2.05, 4.69) is 27.2 Å². The Morgan fingerprint density at radius 3 is 2.44 bits per heavy atom. The lowest BCUT2D eigenvalue weighted by atomic mass is 10.2. The van der Waals surface area contributed by atoms with E-state index in [4.69, 9.17) is 9.47 Å². The summed E-state index contributed by atoms with van der Waals surface area (Å²) in [6, 6.07) is 20.0. The van der Waals surface area contributed by atoms with E-state index in [1.54, 1.807) is 7.11 Å². The Kier molecular flexibility index (Phi) is 8.09. The predicted octanol–water partition coefficient (Wildman–Crippen LogP) is 3.55. The molecule has 1 aliphatic rings. The number of carbonyl (C=O) groups is 1. The molecule has 1 saturated heterocycles. The SMILES string of the molecule is COc1ccc(COc2ccccc2N2CCN(CCCNC(=O)c3cccn3C)CC2)cc1. The highest BCUT2D eigenvalue weighted by molar-refractivity contribution is 5.92. The molecule has 7 nitrogen and oxygen atoms in total. The number of ether oxygens (including phenoxy) is 2. The largest absolute Gasteiger partial charge is 0.497 e. The van der Waals surface area contributed by atoms with Crippen LogP contribution < -0.4 is 19.7 Å². The van der Waals surface area contributed by atoms with Crippen molar-refractivity contribution in [3.63, 3.8) is 0 Å². The van der Waals surface area contributed by atoms with Crippen LogP contribution in [-0.4, -0.2) is 61.8 Å². The van der Waals surface area contributed by atoms with Crippen molar-refractivity contribution >= 4 is 11.6 Å². The lowest BCUT2D eigenvalue weighted by Crippen LogP contribution is -2.47. The highest BCUT2D eigenvalue weighted by atomic mass is 16.5. The Morgan fingerprint density at radius 2 is 1.74 bits per heavy atom. The van der Waals surface area contributed by atoms with Gasteiger partial charge in [-0.25, -0.2) is 0 Å². The number of hydrogen-bond donors (Lipinski definition) is 1. The van der Waals surface area contributed by atoms with Gasteiger partial charge in [-0.05, 0) is 54.9 Å². The summed E-state index contributed by atoms with van der Waals surface area (Å²) in [5, 5.41) is 3.02. The first kappa shape index (κ1) is 23.7. The number of aryl methyl sites for hydroxylation is 1. The van der Waals surface area contributed by atoms with Gasteiger partial charge in [-0.2, -0.15) is 0 Å². The predicted molar refractivity (Wildman–Crippen MR) is 135 cm³/mol. The minimum atomic E-state index is -0.0106. The quantitative estimate of drug-likeness (QED) is 0.467. The van der Waals surface area contributed by atoms with Crippen LogP contribution in [0.1, 0.15) is 22.5 Å². The molecule has 3 aromatic rings. The summed E-state index contributed by atoms with van der Waals surface area (Å²) in [6.07, 6.45) is 2.83. The highest BCUT2D eigenvalue weighted by Gasteiger charge is 2.19. The van der Waals surface area contributed by atoms with E-state index in [1.165, 1.54) is 0 Å². The van der Waals surface area contributed by atoms with E-state index >= 15 is 0 Å². The molecule has 180 valence electrons. The maximum atomic E-state index is 12.2. The van der Waals surface area contributed by atoms with E-state index in [9.17, 15) is 4.79 Å². The van der Waals surface area contributed by atoms with Crippen molar-refractivity contribution in [3.8, 4) is 11.5 Å². The van der Waals surface area contributed by atoms with Gasteiger partial charge in [0.15, 0.2) is 0 Å². The number of anilines is 1. The van der Waals surface area contributed by atoms with Gasteiger partial charge in [-0.3, -0.25) is 9.69 Å². The number of hydrogen-bond acceptors (Lipinski definition) is 5. The average molecular weight is 463 g/mol. The van der Waals surface area contributed by atoms with Crippen molar-refractivity contribution in [2.45, 2.75) is 13.0 Å². The normalized spacial score (nSPS) is 14.1. The third kappa shape index (κ3) is 6.11. The number of aromatic nitrogens is 1. The van der Waals surface area contributed by atoms with Crippen LogP contribution in [0.3, 0.4) is 0 Å². The van der Waals surface area contributed by atoms with Gasteiger partial charge in [0.1, 0.15) is 23.8 Å². The monoisotopic (exact) mass is 462 g/mol. The first-order valence-electron chi connectivity index (χ1n) is 11.9. The number of rotatable bonds is 10. The maximum Gasteiger partial charge on any atom is 0.267 e. The van der Waals surface area contributed by atoms with Crippen LogP contribution in [-0.2, 0) is 13.7 Å². The Balaban J connectivity index is 1.21. The van der Waals surface area contributed by atoms with E-state index in [1.807, 2.05) is 66.3 Å². The molecular formula is C27H34N4O3. The van der Waals surface area contributed by atoms with Crippen molar-refractivity contribution < 1.29 is 14.3 Å². The average Bonchev–Trinajstić information content (AvgIpc) is 3.32. The third-order valence-corrected chi connectivity index (χ3v) is 6.24. The number of nitrogens with one attached hydrogen (secondary N) is 1. The molecule has 0 radical (unpaired) electrons. The van der Waals surface area contributed by atoms with Crippen molar-refractivity contribution in [1.82, 2.24) is 14.8 Å². The Bertz CT molecular complexity index is 1060. The van der Waals surface area contributed by atoms with Crippen molar-refractivity contribution in [3.05, 3.63) is 78.1 Å². The van der Waals surface area contributed by atoms with Gasteiger partial charge in [-0.1, -0.05) is 24.3 Å². The topological polar surface area (TPSA) is 59.0 Å². The second-order valence-electron chi connectivity index (χ2n) is 8.55. The van der Waals surface area contributed by atoms with Crippen LogP contribution in [0.15, 0.2) is 66.9 Å². The van der Waals surface area contributed by atoms with E-state index < -0.39 is 0 Å². The molecule has 2 heterocycles. The Hall–Kier alpha value is -3.45. The molecule has 0 aliphatic carbocycles. The fourth-order valence-electron chi connectivity index (χ4n) is 4.23. The molecule has 1 aliphatic heterocycles. The van der Waals surface area contributed by atoms with Crippen LogP contribution in [0.5, 0.6) is 11.5 Å². The second kappa shape index (κ2) is 11.6. The molecule has 2 aromatic carbocycles. The molecule has 0 atom stereocenters. The summed E-state index contributed by atoms with van der Waals surface area (Å²) in [6.45, 7) is 6.10. The van der Waals surface area contributed by atoms with Crippen LogP contribution in [0.2, 0.25) is 0 Å². The number of amides is 1. The molecule has 1 fully saturated rings. The van der Waals surface area contributed by atoms with Crippen LogP contribution in [0.4, 0.5) is 5.69 Å². The Labute approximate surface area is 201 Å². The van der Waals surface area contributed by atoms with Crippen LogP contribution in [0.25, 0.3) is 0 Å². The first-order chi connectivity index (χ1) is 16.6. The molecule has 1 amide bonds. The number of benzene rings is 2. The molecule has 0 unspecified atom stereocenters. The van der Waals surface area contributed by atoms with Gasteiger partial charge in [0, 0.05) is 46.0 Å². The fourth-order valence-corrected chi connectivity index (χ4v) is 4.23. The first-order valence-corrected chi connectivity index (χ1v) is 11.9. The molecule has 1 N–H and O–H groups in total. The molecular weight excluding hydrogens is 428 g/mol. The summed E-state index contributed by atoms with van der Waals surface area (Å²) in [4.78, 5) is 17.1. The minimum Gasteiger partial charge on any atom is -0.497 e. The fraction of sp³-hybridized carbons (Fsp3) is 0.370. The van der Waals surface area contributed by atoms with Gasteiger partial charge in [-0.15, -0.1) is 0 Å². The summed E-state index contributed by atoms with van der Waals surface area (Å²) in [7, 11) is 3.56. The van der Waals surface area contributed by atoms with Crippen molar-refractivity contribution in [1.29, 1.82) is 0 Å². The number of nitrogens with zero attached hydrogens (tertiary/aromatic N) is 3. The van der Waals surface area contributed by atoms with Gasteiger partial charge in [0.25, 0.3) is 5.91 Å². The number of methoxy groups -OCH3 is 1. The summed E-state index contributed by atoms with van der Waals surface area (Å²) < 4.78 is 13.2. The van der Waals surface area contributed by atoms with Gasteiger partial charge in [0.2, 0.25) is 0 Å². The smallest absolute Gasteiger partial charge is 0.267 e. The van der Waals surface area contributed by atoms with E-state index in [0.717, 1.165) is 61.9 Å². The lowest BCUT2D eigenvalue weighted by Gasteiger charge is -2.36. The zero-order valence-electron chi connectivity index (χ0n) is 20.1. The highest BCUT2D eigenvalue weighted by Crippen LogP contribution is 2.29. The minimum absolute atomic E-state index is 0.0106. The number of para-hydroxylation sites is 2. The van der Waals surface area contributed by atoms with Crippen LogP contribution in [0, 0.1) is 0 Å². The molecule has 0 bridgehead atoms. The second-order valence-corrected chi connectivity index (χ2v) is 8.55. The third-order valence-electron chi connectivity index (χ3n) is 6.24. The Morgan fingerprint density at radius 1 is 0.971 bits per heavy atom. The molecule has 1 aromatic heterocycles. The lowest BCUT2D eigenvalue weighted by molar-refractivity contribution is 0.0943. The van der Waals surface area contributed by atoms with Crippen molar-refractivity contribution in [2.75, 3.05) is 51.3 Å². The molecule has 7 heteroatoms. The van der Waals surface area contributed by atoms with E-state index in [-0.39, 0.29) is 5.91 Å². The molecule has 34 heavy (non-hydrogen) atoms. The zero-order valence-corrected chi connectivity index (χ0v) is 20.1. The summed E-state index contributed by atoms with van der Waals surface area (Å²) >= 11 is 0. The number of piperazine rings is 1. The standard InChI is InChI=1S/C27H34N4O3/c1-29-15-5-8-25(29)27(32)28-14-6-16-30-17-19-31(20-18-30)24-7-3-4-9-26(24)34-21-22-10-12-23(33-2)13-11-22/h3-5,7-13,15H,6,14,16-21H2,1-2H3,(H,28,32). The van der Waals surface area contributed by atoms with Gasteiger partial charge >= 0.3 is 0 Å². The zero-order chi connectivity index (χ0) is 23.8.